The van der Waals surface area contributed by atoms with Crippen molar-refractivity contribution >= 4 is 17.4 Å². The number of nitrogens with one attached hydrogen (secondary N) is 2. The van der Waals surface area contributed by atoms with Crippen molar-refractivity contribution < 1.29 is 4.79 Å². The smallest absolute Gasteiger partial charge is 0.227 e. The molecule has 116 valence electrons. The first-order chi connectivity index (χ1) is 11.2. The molecule has 1 aromatic heterocycles. The van der Waals surface area contributed by atoms with Crippen molar-refractivity contribution in [3.63, 3.8) is 0 Å². The van der Waals surface area contributed by atoms with E-state index in [0.717, 1.165) is 30.5 Å². The molecule has 23 heavy (non-hydrogen) atoms. The molecule has 0 radical (unpaired) electrons. The Balaban J connectivity index is 1.58. The van der Waals surface area contributed by atoms with Gasteiger partial charge in [-0.1, -0.05) is 18.6 Å². The van der Waals surface area contributed by atoms with Crippen LogP contribution in [0.25, 0.3) is 0 Å². The van der Waals surface area contributed by atoms with Crippen LogP contribution in [0.5, 0.6) is 0 Å². The van der Waals surface area contributed by atoms with Gasteiger partial charge in [0.2, 0.25) is 5.91 Å². The molecular weight excluding hydrogens is 288 g/mol. The summed E-state index contributed by atoms with van der Waals surface area (Å²) in [6.07, 6.45) is 4.69. The second-order valence-corrected chi connectivity index (χ2v) is 5.71. The highest BCUT2D eigenvalue weighted by atomic mass is 16.1. The third kappa shape index (κ3) is 3.86. The molecule has 1 fully saturated rings. The molecule has 5 nitrogen and oxygen atoms in total. The Morgan fingerprint density at radius 2 is 2.17 bits per heavy atom. The lowest BCUT2D eigenvalue weighted by Crippen LogP contribution is -2.28. The first-order valence-corrected chi connectivity index (χ1v) is 7.74. The fourth-order valence-electron chi connectivity index (χ4n) is 2.43. The lowest BCUT2D eigenvalue weighted by Gasteiger charge is -2.24. The van der Waals surface area contributed by atoms with Gasteiger partial charge in [0.15, 0.2) is 0 Å². The molecule has 0 saturated heterocycles. The van der Waals surface area contributed by atoms with E-state index in [2.05, 4.69) is 15.6 Å². The fraction of sp³-hybridized carbons (Fsp3) is 0.278. The number of nitriles is 1. The van der Waals surface area contributed by atoms with Crippen LogP contribution in [0.1, 0.15) is 30.4 Å². The molecular formula is C18H18N4O. The number of carbonyl (C=O) groups excluding carboxylic acids is 1. The van der Waals surface area contributed by atoms with Gasteiger partial charge in [0, 0.05) is 24.3 Å². The van der Waals surface area contributed by atoms with Crippen molar-refractivity contribution in [1.82, 2.24) is 4.98 Å². The molecule has 0 bridgehead atoms. The molecule has 1 amide bonds. The predicted octanol–water partition coefficient (Wildman–Crippen LogP) is 3.30. The number of carbonyl (C=O) groups is 1. The number of hydrogen-bond acceptors (Lipinski definition) is 4. The molecule has 3 rings (SSSR count). The standard InChI is InChI=1S/C18H18N4O/c19-10-14-7-8-17(21-12-14)20-11-13-3-1-6-16(9-13)22-18(23)15-4-2-5-15/h1,3,6-9,12,15H,2,4-5,11H2,(H,20,21)(H,22,23). The number of benzene rings is 1. The molecule has 5 heteroatoms. The topological polar surface area (TPSA) is 77.8 Å². The first-order valence-electron chi connectivity index (χ1n) is 7.74. The normalized spacial score (nSPS) is 13.7. The highest BCUT2D eigenvalue weighted by Gasteiger charge is 2.25. The summed E-state index contributed by atoms with van der Waals surface area (Å²) >= 11 is 0. The van der Waals surface area contributed by atoms with Gasteiger partial charge >= 0.3 is 0 Å². The van der Waals surface area contributed by atoms with Gasteiger partial charge in [-0.2, -0.15) is 5.26 Å². The van der Waals surface area contributed by atoms with Crippen LogP contribution in [0.4, 0.5) is 11.5 Å². The second kappa shape index (κ2) is 6.93. The third-order valence-corrected chi connectivity index (χ3v) is 4.04. The Kier molecular flexibility index (Phi) is 4.53. The van der Waals surface area contributed by atoms with Crippen LogP contribution < -0.4 is 10.6 Å². The lowest BCUT2D eigenvalue weighted by atomic mass is 9.85. The quantitative estimate of drug-likeness (QED) is 0.888. The maximum Gasteiger partial charge on any atom is 0.227 e. The molecule has 0 unspecified atom stereocenters. The Bertz CT molecular complexity index is 729. The molecule has 0 spiro atoms. The average Bonchev–Trinajstić information content (AvgIpc) is 2.52. The zero-order chi connectivity index (χ0) is 16.1. The second-order valence-electron chi connectivity index (χ2n) is 5.71. The Hall–Kier alpha value is -2.87. The number of anilines is 2. The summed E-state index contributed by atoms with van der Waals surface area (Å²) in [6, 6.07) is 13.3. The number of aromatic nitrogens is 1. The van der Waals surface area contributed by atoms with Crippen molar-refractivity contribution in [2.24, 2.45) is 5.92 Å². The molecule has 1 aromatic carbocycles. The van der Waals surface area contributed by atoms with Crippen LogP contribution in [-0.4, -0.2) is 10.9 Å². The van der Waals surface area contributed by atoms with Crippen molar-refractivity contribution in [1.29, 1.82) is 5.26 Å². The fourth-order valence-corrected chi connectivity index (χ4v) is 2.43. The van der Waals surface area contributed by atoms with E-state index in [9.17, 15) is 4.79 Å². The van der Waals surface area contributed by atoms with Gasteiger partial charge in [-0.15, -0.1) is 0 Å². The summed E-state index contributed by atoms with van der Waals surface area (Å²) in [6.45, 7) is 0.603. The van der Waals surface area contributed by atoms with E-state index in [0.29, 0.717) is 17.9 Å². The van der Waals surface area contributed by atoms with Gasteiger partial charge in [-0.3, -0.25) is 4.79 Å². The third-order valence-electron chi connectivity index (χ3n) is 4.04. The summed E-state index contributed by atoms with van der Waals surface area (Å²) < 4.78 is 0. The van der Waals surface area contributed by atoms with E-state index < -0.39 is 0 Å². The Morgan fingerprint density at radius 3 is 2.83 bits per heavy atom. The predicted molar refractivity (Wildman–Crippen MR) is 88.7 cm³/mol. The van der Waals surface area contributed by atoms with E-state index in [-0.39, 0.29) is 11.8 Å². The zero-order valence-corrected chi connectivity index (χ0v) is 12.7. The lowest BCUT2D eigenvalue weighted by molar-refractivity contribution is -0.122. The van der Waals surface area contributed by atoms with Crippen molar-refractivity contribution in [3.8, 4) is 6.07 Å². The van der Waals surface area contributed by atoms with Gasteiger partial charge in [0.05, 0.1) is 5.56 Å². The number of pyridine rings is 1. The minimum absolute atomic E-state index is 0.120. The van der Waals surface area contributed by atoms with Gasteiger partial charge < -0.3 is 10.6 Å². The Labute approximate surface area is 135 Å². The van der Waals surface area contributed by atoms with Gasteiger partial charge in [0.1, 0.15) is 11.9 Å². The average molecular weight is 306 g/mol. The van der Waals surface area contributed by atoms with Crippen LogP contribution in [0.15, 0.2) is 42.6 Å². The highest BCUT2D eigenvalue weighted by Crippen LogP contribution is 2.27. The summed E-state index contributed by atoms with van der Waals surface area (Å²) in [4.78, 5) is 16.2. The molecule has 1 aliphatic rings. The molecule has 0 aliphatic heterocycles. The maximum absolute atomic E-state index is 12.0. The number of amides is 1. The van der Waals surface area contributed by atoms with E-state index >= 15 is 0 Å². The van der Waals surface area contributed by atoms with Crippen molar-refractivity contribution in [2.75, 3.05) is 10.6 Å². The molecule has 1 aliphatic carbocycles. The maximum atomic E-state index is 12.0. The van der Waals surface area contributed by atoms with Crippen LogP contribution in [-0.2, 0) is 11.3 Å². The zero-order valence-electron chi connectivity index (χ0n) is 12.7. The first kappa shape index (κ1) is 15.0. The summed E-state index contributed by atoms with van der Waals surface area (Å²) in [7, 11) is 0. The number of hydrogen-bond donors (Lipinski definition) is 2. The summed E-state index contributed by atoms with van der Waals surface area (Å²) in [5.41, 5.74) is 2.42. The van der Waals surface area contributed by atoms with E-state index in [4.69, 9.17) is 5.26 Å². The van der Waals surface area contributed by atoms with Crippen LogP contribution in [0, 0.1) is 17.2 Å². The molecule has 0 atom stereocenters. The van der Waals surface area contributed by atoms with Crippen molar-refractivity contribution in [2.45, 2.75) is 25.8 Å². The van der Waals surface area contributed by atoms with E-state index in [1.807, 2.05) is 30.3 Å². The molecule has 1 heterocycles. The monoisotopic (exact) mass is 306 g/mol. The molecule has 1 saturated carbocycles. The van der Waals surface area contributed by atoms with Crippen molar-refractivity contribution in [3.05, 3.63) is 53.7 Å². The molecule has 2 aromatic rings. The van der Waals surface area contributed by atoms with E-state index in [1.54, 1.807) is 12.1 Å². The number of rotatable bonds is 5. The van der Waals surface area contributed by atoms with Gasteiger partial charge in [-0.25, -0.2) is 4.98 Å². The summed E-state index contributed by atoms with van der Waals surface area (Å²) in [5.74, 6) is 1.02. The molecule has 2 N–H and O–H groups in total. The highest BCUT2D eigenvalue weighted by molar-refractivity contribution is 5.93. The van der Waals surface area contributed by atoms with Gasteiger partial charge in [0.25, 0.3) is 0 Å². The van der Waals surface area contributed by atoms with Crippen LogP contribution >= 0.6 is 0 Å². The van der Waals surface area contributed by atoms with E-state index in [1.165, 1.54) is 6.20 Å². The SMILES string of the molecule is N#Cc1ccc(NCc2cccc(NC(=O)C3CCC3)c2)nc1. The minimum Gasteiger partial charge on any atom is -0.366 e. The Morgan fingerprint density at radius 1 is 1.30 bits per heavy atom. The van der Waals surface area contributed by atoms with Crippen LogP contribution in [0.2, 0.25) is 0 Å². The number of nitrogens with zero attached hydrogens (tertiary/aromatic N) is 2. The largest absolute Gasteiger partial charge is 0.366 e. The van der Waals surface area contributed by atoms with Gasteiger partial charge in [-0.05, 0) is 42.7 Å². The summed E-state index contributed by atoms with van der Waals surface area (Å²) in [5, 5.41) is 14.9. The van der Waals surface area contributed by atoms with Crippen LogP contribution in [0.3, 0.4) is 0 Å². The minimum atomic E-state index is 0.120.